The van der Waals surface area contributed by atoms with Crippen molar-refractivity contribution in [1.82, 2.24) is 4.98 Å². The number of carbonyl (C=O) groups is 1. The van der Waals surface area contributed by atoms with E-state index in [0.29, 0.717) is 25.3 Å². The Kier molecular flexibility index (Phi) is 4.74. The highest BCUT2D eigenvalue weighted by Crippen LogP contribution is 2.10. The number of carbonyl (C=O) groups excluding carboxylic acids is 1. The predicted octanol–water partition coefficient (Wildman–Crippen LogP) is 2.72. The van der Waals surface area contributed by atoms with E-state index >= 15 is 0 Å². The molecule has 3 rings (SSSR count). The van der Waals surface area contributed by atoms with Gasteiger partial charge in [0.15, 0.2) is 5.78 Å². The molecule has 1 N–H and O–H groups in total. The van der Waals surface area contributed by atoms with Gasteiger partial charge in [-0.2, -0.15) is 0 Å². The first-order chi connectivity index (χ1) is 11.5. The van der Waals surface area contributed by atoms with Crippen LogP contribution in [0.15, 0.2) is 53.3 Å². The highest BCUT2D eigenvalue weighted by Gasteiger charge is 2.03. The number of Topliss-reactive ketones (excluding diaryl/α,β-unsaturated/α-hetero) is 1. The zero-order valence-corrected chi connectivity index (χ0v) is 13.8. The second-order valence-corrected chi connectivity index (χ2v) is 6.52. The van der Waals surface area contributed by atoms with Crippen molar-refractivity contribution in [3.05, 3.63) is 90.0 Å². The molecule has 3 nitrogen and oxygen atoms in total. The average Bonchev–Trinajstić information content (AvgIpc) is 2.89. The molecule has 1 heterocycles. The van der Waals surface area contributed by atoms with Gasteiger partial charge in [-0.25, -0.2) is 4.39 Å². The molecule has 24 heavy (non-hydrogen) atoms. The van der Waals surface area contributed by atoms with Gasteiger partial charge in [0.05, 0.1) is 9.20 Å². The lowest BCUT2D eigenvalue weighted by molar-refractivity contribution is 0.106. The van der Waals surface area contributed by atoms with Gasteiger partial charge < -0.3 is 4.98 Å². The highest BCUT2D eigenvalue weighted by atomic mass is 35.5. The van der Waals surface area contributed by atoms with Crippen LogP contribution in [-0.2, 0) is 0 Å². The topological polar surface area (TPSA) is 49.9 Å². The van der Waals surface area contributed by atoms with E-state index in [1.807, 2.05) is 0 Å². The first-order valence-corrected chi connectivity index (χ1v) is 8.19. The Labute approximate surface area is 145 Å². The van der Waals surface area contributed by atoms with Crippen molar-refractivity contribution in [2.24, 2.45) is 0 Å². The fourth-order valence-electron chi connectivity index (χ4n) is 2.05. The molecule has 0 bridgehead atoms. The maximum absolute atomic E-state index is 12.9. The first-order valence-electron chi connectivity index (χ1n) is 6.99. The van der Waals surface area contributed by atoms with Crippen molar-refractivity contribution >= 4 is 40.9 Å². The molecule has 3 aromatic rings. The third kappa shape index (κ3) is 3.88. The summed E-state index contributed by atoms with van der Waals surface area (Å²) in [5, 5.41) is 0.548. The second-order valence-electron chi connectivity index (χ2n) is 5.00. The number of hydrogen-bond donors (Lipinski definition) is 1. The molecule has 1 aromatic heterocycles. The quantitative estimate of drug-likeness (QED) is 0.731. The highest BCUT2D eigenvalue weighted by molar-refractivity contribution is 7.07. The minimum atomic E-state index is -0.338. The van der Waals surface area contributed by atoms with E-state index in [1.165, 1.54) is 18.2 Å². The maximum Gasteiger partial charge on any atom is 0.266 e. The zero-order chi connectivity index (χ0) is 17.1. The summed E-state index contributed by atoms with van der Waals surface area (Å²) >= 11 is 6.96. The van der Waals surface area contributed by atoms with Crippen molar-refractivity contribution in [3.8, 4) is 0 Å². The predicted molar refractivity (Wildman–Crippen MR) is 94.4 cm³/mol. The van der Waals surface area contributed by atoms with Crippen LogP contribution in [0.4, 0.5) is 4.39 Å². The Morgan fingerprint density at radius 1 is 1.08 bits per heavy atom. The molecule has 0 atom stereocenters. The van der Waals surface area contributed by atoms with Crippen LogP contribution in [0.3, 0.4) is 0 Å². The average molecular weight is 360 g/mol. The fourth-order valence-corrected chi connectivity index (χ4v) is 3.06. The van der Waals surface area contributed by atoms with Crippen molar-refractivity contribution in [2.45, 2.75) is 0 Å². The van der Waals surface area contributed by atoms with Crippen LogP contribution in [0.1, 0.15) is 15.9 Å². The summed E-state index contributed by atoms with van der Waals surface area (Å²) in [7, 11) is 0. The van der Waals surface area contributed by atoms with E-state index < -0.39 is 0 Å². The van der Waals surface area contributed by atoms with Crippen molar-refractivity contribution in [3.63, 3.8) is 0 Å². The van der Waals surface area contributed by atoms with E-state index in [9.17, 15) is 14.0 Å². The van der Waals surface area contributed by atoms with Gasteiger partial charge in [0.1, 0.15) is 5.82 Å². The molecule has 6 heteroatoms. The van der Waals surface area contributed by atoms with E-state index in [2.05, 4.69) is 4.98 Å². The largest absolute Gasteiger partial charge is 0.313 e. The number of aromatic nitrogens is 1. The number of nitrogens with one attached hydrogen (secondary N) is 1. The monoisotopic (exact) mass is 359 g/mol. The molecule has 120 valence electrons. The molecule has 0 saturated carbocycles. The summed E-state index contributed by atoms with van der Waals surface area (Å²) in [4.78, 5) is 26.8. The van der Waals surface area contributed by atoms with E-state index in [-0.39, 0.29) is 17.2 Å². The van der Waals surface area contributed by atoms with Gasteiger partial charge in [-0.05, 0) is 48.0 Å². The summed E-state index contributed by atoms with van der Waals surface area (Å²) in [5.41, 5.74) is 0.900. The molecule has 0 radical (unpaired) electrons. The third-order valence-corrected chi connectivity index (χ3v) is 4.45. The molecule has 0 aliphatic rings. The van der Waals surface area contributed by atoms with E-state index in [4.69, 9.17) is 11.6 Å². The standard InChI is InChI=1S/C18H11ClFNO2S/c19-13-5-3-12(4-6-13)15(22)10-17-21-18(23)16(24-17)9-11-1-7-14(20)8-2-11/h1-10H,(H,21,23)/b16-9+,17-10-. The van der Waals surface area contributed by atoms with E-state index in [0.717, 1.165) is 11.3 Å². The minimum absolute atomic E-state index is 0.225. The number of benzene rings is 2. The van der Waals surface area contributed by atoms with Gasteiger partial charge >= 0.3 is 0 Å². The number of hydrogen-bond acceptors (Lipinski definition) is 3. The lowest BCUT2D eigenvalue weighted by atomic mass is 10.1. The van der Waals surface area contributed by atoms with E-state index in [1.54, 1.807) is 42.5 Å². The maximum atomic E-state index is 12.9. The smallest absolute Gasteiger partial charge is 0.266 e. The summed E-state index contributed by atoms with van der Waals surface area (Å²) < 4.78 is 13.8. The Balaban J connectivity index is 1.96. The number of rotatable bonds is 3. The lowest BCUT2D eigenvalue weighted by Gasteiger charge is -1.94. The van der Waals surface area contributed by atoms with Crippen molar-refractivity contribution in [1.29, 1.82) is 0 Å². The molecule has 2 aromatic carbocycles. The molecule has 0 fully saturated rings. The molecular formula is C18H11ClFNO2S. The fraction of sp³-hybridized carbons (Fsp3) is 0. The van der Waals surface area contributed by atoms with Crippen molar-refractivity contribution < 1.29 is 9.18 Å². The molecule has 0 unspecified atom stereocenters. The zero-order valence-electron chi connectivity index (χ0n) is 12.3. The first kappa shape index (κ1) is 16.4. The third-order valence-electron chi connectivity index (χ3n) is 3.24. The number of aromatic amines is 1. The van der Waals surface area contributed by atoms with Crippen LogP contribution in [0.25, 0.3) is 12.2 Å². The summed E-state index contributed by atoms with van der Waals surface area (Å²) in [5.74, 6) is -0.563. The summed E-state index contributed by atoms with van der Waals surface area (Å²) in [6.45, 7) is 0. The minimum Gasteiger partial charge on any atom is -0.313 e. The molecule has 0 amide bonds. The summed E-state index contributed by atoms with van der Waals surface area (Å²) in [6, 6.07) is 12.3. The Hall–Kier alpha value is -2.50. The van der Waals surface area contributed by atoms with Crippen LogP contribution in [0.2, 0.25) is 5.02 Å². The summed E-state index contributed by atoms with van der Waals surface area (Å²) in [6.07, 6.45) is 3.02. The Bertz CT molecular complexity index is 1050. The van der Waals surface area contributed by atoms with Crippen molar-refractivity contribution in [2.75, 3.05) is 0 Å². The Morgan fingerprint density at radius 2 is 1.75 bits per heavy atom. The normalized spacial score (nSPS) is 12.6. The van der Waals surface area contributed by atoms with Gasteiger partial charge in [0, 0.05) is 16.7 Å². The van der Waals surface area contributed by atoms with Gasteiger partial charge in [0.2, 0.25) is 0 Å². The number of halogens is 2. The second kappa shape index (κ2) is 6.95. The van der Waals surface area contributed by atoms with Gasteiger partial charge in [-0.1, -0.05) is 23.7 Å². The number of H-pyrrole nitrogens is 1. The Morgan fingerprint density at radius 3 is 2.42 bits per heavy atom. The lowest BCUT2D eigenvalue weighted by Crippen LogP contribution is -2.20. The van der Waals surface area contributed by atoms with Crippen LogP contribution >= 0.6 is 22.9 Å². The molecule has 0 saturated heterocycles. The molecule has 0 aliphatic heterocycles. The number of thiazole rings is 1. The SMILES string of the molecule is O=C(/C=c1/[nH]c(=O)/c(=C\c2ccc(F)cc2)s1)c1ccc(Cl)cc1. The molecule has 0 spiro atoms. The molecular weight excluding hydrogens is 349 g/mol. The molecule has 0 aliphatic carbocycles. The number of ketones is 1. The van der Waals surface area contributed by atoms with Gasteiger partial charge in [-0.3, -0.25) is 9.59 Å². The van der Waals surface area contributed by atoms with Crippen LogP contribution in [0.5, 0.6) is 0 Å². The van der Waals surface area contributed by atoms with Gasteiger partial charge in [-0.15, -0.1) is 11.3 Å². The van der Waals surface area contributed by atoms with Crippen LogP contribution in [0, 0.1) is 5.82 Å². The van der Waals surface area contributed by atoms with Gasteiger partial charge in [0.25, 0.3) is 5.56 Å². The van der Waals surface area contributed by atoms with Crippen LogP contribution < -0.4 is 14.8 Å². The van der Waals surface area contributed by atoms with Crippen LogP contribution in [-0.4, -0.2) is 10.8 Å².